The fourth-order valence-corrected chi connectivity index (χ4v) is 1.85. The number of hydrogen-bond donors (Lipinski definition) is 2. The molecule has 2 nitrogen and oxygen atoms in total. The predicted octanol–water partition coefficient (Wildman–Crippen LogP) is 1.91. The van der Waals surface area contributed by atoms with E-state index in [2.05, 4.69) is 11.4 Å². The van der Waals surface area contributed by atoms with E-state index in [0.29, 0.717) is 0 Å². The standard InChI is InChI=1S/C9H15NOS/c10-9(3-1-2-5-11)8-4-6-12-7-8/h4,6-7,9,11H,1-3,5,10H2/t9-/m1/s1. The molecule has 1 atom stereocenters. The molecule has 3 N–H and O–H groups in total. The van der Waals surface area contributed by atoms with Gasteiger partial charge < -0.3 is 10.8 Å². The summed E-state index contributed by atoms with van der Waals surface area (Å²) in [6.07, 6.45) is 2.84. The number of thiophene rings is 1. The highest BCUT2D eigenvalue weighted by Gasteiger charge is 2.04. The smallest absolute Gasteiger partial charge is 0.0431 e. The first kappa shape index (κ1) is 9.71. The SMILES string of the molecule is N[C@H](CCCCO)c1ccsc1. The predicted molar refractivity (Wildman–Crippen MR) is 52.2 cm³/mol. The van der Waals surface area contributed by atoms with E-state index in [4.69, 9.17) is 10.8 Å². The minimum atomic E-state index is 0.155. The molecule has 1 aromatic rings. The van der Waals surface area contributed by atoms with Crippen molar-refractivity contribution in [2.24, 2.45) is 5.73 Å². The molecular formula is C9H15NOS. The topological polar surface area (TPSA) is 46.2 Å². The van der Waals surface area contributed by atoms with Gasteiger partial charge in [0.15, 0.2) is 0 Å². The Kier molecular flexibility index (Phi) is 4.29. The van der Waals surface area contributed by atoms with Crippen molar-refractivity contribution in [2.75, 3.05) is 6.61 Å². The van der Waals surface area contributed by atoms with Crippen LogP contribution in [0.4, 0.5) is 0 Å². The van der Waals surface area contributed by atoms with Crippen molar-refractivity contribution in [1.29, 1.82) is 0 Å². The van der Waals surface area contributed by atoms with Gasteiger partial charge in [0.2, 0.25) is 0 Å². The van der Waals surface area contributed by atoms with Crippen LogP contribution in [0.15, 0.2) is 16.8 Å². The monoisotopic (exact) mass is 185 g/mol. The lowest BCUT2D eigenvalue weighted by Crippen LogP contribution is -2.08. The highest BCUT2D eigenvalue weighted by atomic mass is 32.1. The van der Waals surface area contributed by atoms with E-state index in [1.54, 1.807) is 11.3 Å². The maximum Gasteiger partial charge on any atom is 0.0431 e. The third-order valence-electron chi connectivity index (χ3n) is 1.89. The van der Waals surface area contributed by atoms with Crippen LogP contribution in [0.1, 0.15) is 30.9 Å². The second-order valence-electron chi connectivity index (χ2n) is 2.88. The molecule has 0 saturated carbocycles. The molecule has 3 heteroatoms. The molecule has 1 aromatic heterocycles. The first-order valence-corrected chi connectivity index (χ1v) is 5.17. The second kappa shape index (κ2) is 5.30. The van der Waals surface area contributed by atoms with Gasteiger partial charge >= 0.3 is 0 Å². The van der Waals surface area contributed by atoms with Crippen molar-refractivity contribution in [3.05, 3.63) is 22.4 Å². The maximum atomic E-state index is 8.57. The third kappa shape index (κ3) is 2.93. The van der Waals surface area contributed by atoms with Crippen molar-refractivity contribution < 1.29 is 5.11 Å². The van der Waals surface area contributed by atoms with Gasteiger partial charge in [-0.25, -0.2) is 0 Å². The number of aliphatic hydroxyl groups is 1. The van der Waals surface area contributed by atoms with E-state index in [1.165, 1.54) is 5.56 Å². The van der Waals surface area contributed by atoms with Gasteiger partial charge in [0.05, 0.1) is 0 Å². The molecule has 0 saturated heterocycles. The summed E-state index contributed by atoms with van der Waals surface area (Å²) in [7, 11) is 0. The summed E-state index contributed by atoms with van der Waals surface area (Å²) in [5.74, 6) is 0. The van der Waals surface area contributed by atoms with E-state index in [0.717, 1.165) is 19.3 Å². The van der Waals surface area contributed by atoms with Crippen molar-refractivity contribution in [3.63, 3.8) is 0 Å². The molecule has 0 bridgehead atoms. The molecular weight excluding hydrogens is 170 g/mol. The van der Waals surface area contributed by atoms with Gasteiger partial charge in [-0.05, 0) is 41.7 Å². The first-order chi connectivity index (χ1) is 5.84. The van der Waals surface area contributed by atoms with Gasteiger partial charge in [-0.15, -0.1) is 0 Å². The molecule has 1 heterocycles. The van der Waals surface area contributed by atoms with E-state index in [1.807, 2.05) is 5.38 Å². The van der Waals surface area contributed by atoms with Gasteiger partial charge in [-0.2, -0.15) is 11.3 Å². The minimum Gasteiger partial charge on any atom is -0.396 e. The number of unbranched alkanes of at least 4 members (excludes halogenated alkanes) is 1. The van der Waals surface area contributed by atoms with Crippen LogP contribution in [0.5, 0.6) is 0 Å². The van der Waals surface area contributed by atoms with Gasteiger partial charge in [0.1, 0.15) is 0 Å². The minimum absolute atomic E-state index is 0.155. The highest BCUT2D eigenvalue weighted by molar-refractivity contribution is 7.07. The maximum absolute atomic E-state index is 8.57. The molecule has 0 unspecified atom stereocenters. The molecule has 0 aliphatic heterocycles. The lowest BCUT2D eigenvalue weighted by Gasteiger charge is -2.08. The third-order valence-corrected chi connectivity index (χ3v) is 2.60. The Balaban J connectivity index is 2.25. The largest absolute Gasteiger partial charge is 0.396 e. The summed E-state index contributed by atoms with van der Waals surface area (Å²) < 4.78 is 0. The van der Waals surface area contributed by atoms with Gasteiger partial charge in [-0.3, -0.25) is 0 Å². The van der Waals surface area contributed by atoms with Crippen molar-refractivity contribution in [3.8, 4) is 0 Å². The van der Waals surface area contributed by atoms with Crippen LogP contribution in [-0.4, -0.2) is 11.7 Å². The molecule has 0 spiro atoms. The zero-order chi connectivity index (χ0) is 8.81. The van der Waals surface area contributed by atoms with Crippen LogP contribution in [0.25, 0.3) is 0 Å². The molecule has 12 heavy (non-hydrogen) atoms. The van der Waals surface area contributed by atoms with E-state index >= 15 is 0 Å². The number of nitrogens with two attached hydrogens (primary N) is 1. The van der Waals surface area contributed by atoms with Crippen LogP contribution in [0, 0.1) is 0 Å². The Hall–Kier alpha value is -0.380. The molecule has 1 rings (SSSR count). The summed E-state index contributed by atoms with van der Waals surface area (Å²) in [5, 5.41) is 12.7. The lowest BCUT2D eigenvalue weighted by atomic mass is 10.1. The molecule has 68 valence electrons. The van der Waals surface area contributed by atoms with Crippen LogP contribution in [0.2, 0.25) is 0 Å². The normalized spacial score (nSPS) is 13.2. The molecule has 0 aliphatic rings. The molecule has 0 radical (unpaired) electrons. The summed E-state index contributed by atoms with van der Waals surface area (Å²) in [5.41, 5.74) is 7.13. The van der Waals surface area contributed by atoms with E-state index < -0.39 is 0 Å². The highest BCUT2D eigenvalue weighted by Crippen LogP contribution is 2.18. The fourth-order valence-electron chi connectivity index (χ4n) is 1.13. The van der Waals surface area contributed by atoms with E-state index in [9.17, 15) is 0 Å². The molecule has 0 aliphatic carbocycles. The molecule has 0 amide bonds. The number of aliphatic hydroxyl groups excluding tert-OH is 1. The Bertz CT molecular complexity index is 198. The first-order valence-electron chi connectivity index (χ1n) is 4.23. The number of rotatable bonds is 5. The second-order valence-corrected chi connectivity index (χ2v) is 3.66. The van der Waals surface area contributed by atoms with E-state index in [-0.39, 0.29) is 12.6 Å². The number of hydrogen-bond acceptors (Lipinski definition) is 3. The zero-order valence-corrected chi connectivity index (χ0v) is 7.89. The Morgan fingerprint density at radius 2 is 2.33 bits per heavy atom. The van der Waals surface area contributed by atoms with Crippen LogP contribution < -0.4 is 5.73 Å². The molecule has 0 fully saturated rings. The average Bonchev–Trinajstić information content (AvgIpc) is 2.56. The van der Waals surface area contributed by atoms with Gasteiger partial charge in [0, 0.05) is 12.6 Å². The summed E-state index contributed by atoms with van der Waals surface area (Å²) in [4.78, 5) is 0. The fraction of sp³-hybridized carbons (Fsp3) is 0.556. The zero-order valence-electron chi connectivity index (χ0n) is 7.07. The van der Waals surface area contributed by atoms with Crippen molar-refractivity contribution >= 4 is 11.3 Å². The molecule has 0 aromatic carbocycles. The quantitative estimate of drug-likeness (QED) is 0.688. The van der Waals surface area contributed by atoms with Crippen molar-refractivity contribution in [2.45, 2.75) is 25.3 Å². The van der Waals surface area contributed by atoms with Crippen LogP contribution in [-0.2, 0) is 0 Å². The average molecular weight is 185 g/mol. The Labute approximate surface area is 77.0 Å². The summed E-state index contributed by atoms with van der Waals surface area (Å²) in [6.45, 7) is 0.274. The Morgan fingerprint density at radius 3 is 2.92 bits per heavy atom. The van der Waals surface area contributed by atoms with Gasteiger partial charge in [-0.1, -0.05) is 0 Å². The summed E-state index contributed by atoms with van der Waals surface area (Å²) >= 11 is 1.68. The van der Waals surface area contributed by atoms with Crippen LogP contribution in [0.3, 0.4) is 0 Å². The lowest BCUT2D eigenvalue weighted by molar-refractivity contribution is 0.281. The van der Waals surface area contributed by atoms with Gasteiger partial charge in [0.25, 0.3) is 0 Å². The van der Waals surface area contributed by atoms with Crippen LogP contribution >= 0.6 is 11.3 Å². The summed E-state index contributed by atoms with van der Waals surface area (Å²) in [6, 6.07) is 2.22. The van der Waals surface area contributed by atoms with Crippen molar-refractivity contribution in [1.82, 2.24) is 0 Å². The Morgan fingerprint density at radius 1 is 1.50 bits per heavy atom.